The number of rotatable bonds is 4. The summed E-state index contributed by atoms with van der Waals surface area (Å²) in [5.41, 5.74) is -0.866. The van der Waals surface area contributed by atoms with Gasteiger partial charge in [-0.25, -0.2) is 0 Å². The predicted molar refractivity (Wildman–Crippen MR) is 51.4 cm³/mol. The molecule has 0 saturated carbocycles. The Hall–Kier alpha value is -0.690. The molecule has 0 amide bonds. The van der Waals surface area contributed by atoms with Gasteiger partial charge in [-0.05, 0) is 0 Å². The van der Waals surface area contributed by atoms with Gasteiger partial charge in [0.05, 0.1) is 26.4 Å². The van der Waals surface area contributed by atoms with Crippen molar-refractivity contribution in [2.24, 2.45) is 5.92 Å². The Labute approximate surface area is 88.1 Å². The van der Waals surface area contributed by atoms with E-state index in [9.17, 15) is 4.79 Å². The molecule has 6 heteroatoms. The number of aliphatic hydroxyl groups is 3. The lowest BCUT2D eigenvalue weighted by Crippen LogP contribution is -2.60. The van der Waals surface area contributed by atoms with Crippen molar-refractivity contribution in [3.05, 3.63) is 0 Å². The molecule has 1 atom stereocenters. The van der Waals surface area contributed by atoms with Gasteiger partial charge >= 0.3 is 5.97 Å². The van der Waals surface area contributed by atoms with Crippen molar-refractivity contribution in [3.63, 3.8) is 0 Å². The van der Waals surface area contributed by atoms with Crippen LogP contribution in [0.1, 0.15) is 13.3 Å². The van der Waals surface area contributed by atoms with Crippen molar-refractivity contribution in [2.75, 3.05) is 26.4 Å². The van der Waals surface area contributed by atoms with Crippen LogP contribution in [0.3, 0.4) is 0 Å². The summed E-state index contributed by atoms with van der Waals surface area (Å²) < 4.78 is 4.96. The molecule has 1 aliphatic heterocycles. The molecule has 15 heavy (non-hydrogen) atoms. The summed E-state index contributed by atoms with van der Waals surface area (Å²) in [6.45, 7) is 1.53. The normalized spacial score (nSPS) is 22.3. The van der Waals surface area contributed by atoms with E-state index < -0.39 is 11.6 Å². The minimum Gasteiger partial charge on any atom is -0.481 e. The average molecular weight is 222 g/mol. The molecule has 4 N–H and O–H groups in total. The molecule has 0 aliphatic carbocycles. The molecule has 0 aromatic rings. The van der Waals surface area contributed by atoms with Crippen LogP contribution >= 0.6 is 0 Å². The Morgan fingerprint density at radius 3 is 1.93 bits per heavy atom. The van der Waals surface area contributed by atoms with Crippen LogP contribution in [0.4, 0.5) is 0 Å². The van der Waals surface area contributed by atoms with Crippen LogP contribution in [0, 0.1) is 5.92 Å². The van der Waals surface area contributed by atoms with Crippen LogP contribution in [-0.4, -0.2) is 58.4 Å². The molecule has 0 spiro atoms. The Morgan fingerprint density at radius 1 is 1.40 bits per heavy atom. The van der Waals surface area contributed by atoms with Gasteiger partial charge in [0.15, 0.2) is 0 Å². The quantitative estimate of drug-likeness (QED) is 0.477. The van der Waals surface area contributed by atoms with Gasteiger partial charge in [0, 0.05) is 12.3 Å². The maximum absolute atomic E-state index is 9.37. The molecule has 1 saturated heterocycles. The minimum atomic E-state index is -0.866. The zero-order valence-electron chi connectivity index (χ0n) is 8.72. The molecule has 0 radical (unpaired) electrons. The van der Waals surface area contributed by atoms with Crippen LogP contribution in [0.2, 0.25) is 0 Å². The SMILES string of the molecule is CCC(=O)O.OCC1COC1(CO)CO. The average Bonchev–Trinajstić information content (AvgIpc) is 2.20. The molecule has 1 aliphatic rings. The van der Waals surface area contributed by atoms with E-state index in [0.29, 0.717) is 6.61 Å². The Balaban J connectivity index is 0.000000336. The van der Waals surface area contributed by atoms with Gasteiger partial charge in [0.2, 0.25) is 0 Å². The lowest BCUT2D eigenvalue weighted by atomic mass is 9.84. The molecular formula is C9H18O6. The third-order valence-corrected chi connectivity index (χ3v) is 2.37. The number of ether oxygens (including phenoxy) is 1. The van der Waals surface area contributed by atoms with Gasteiger partial charge in [-0.15, -0.1) is 0 Å². The monoisotopic (exact) mass is 222 g/mol. The molecule has 0 aromatic heterocycles. The zero-order chi connectivity index (χ0) is 11.9. The van der Waals surface area contributed by atoms with E-state index >= 15 is 0 Å². The summed E-state index contributed by atoms with van der Waals surface area (Å²) in [6, 6.07) is 0. The van der Waals surface area contributed by atoms with Crippen LogP contribution in [-0.2, 0) is 9.53 Å². The predicted octanol–water partition coefficient (Wildman–Crippen LogP) is -1.17. The molecule has 90 valence electrons. The number of aliphatic carboxylic acids is 1. The first-order chi connectivity index (χ1) is 7.06. The molecule has 1 heterocycles. The standard InChI is InChI=1S/C6H12O4.C3H6O2/c7-1-5-2-10-6(5,3-8)4-9;1-2-3(4)5/h5,7-9H,1-4H2;2H2,1H3,(H,4,5). The first-order valence-corrected chi connectivity index (χ1v) is 4.74. The van der Waals surface area contributed by atoms with Crippen molar-refractivity contribution < 1.29 is 30.0 Å². The fourth-order valence-electron chi connectivity index (χ4n) is 1.06. The van der Waals surface area contributed by atoms with Gasteiger partial charge in [0.25, 0.3) is 0 Å². The smallest absolute Gasteiger partial charge is 0.303 e. The Bertz CT molecular complexity index is 182. The second kappa shape index (κ2) is 6.73. The number of hydrogen-bond acceptors (Lipinski definition) is 5. The topological polar surface area (TPSA) is 107 Å². The molecule has 6 nitrogen and oxygen atoms in total. The van der Waals surface area contributed by atoms with E-state index in [1.54, 1.807) is 6.92 Å². The summed E-state index contributed by atoms with van der Waals surface area (Å²) in [4.78, 5) is 9.37. The molecule has 0 aromatic carbocycles. The highest BCUT2D eigenvalue weighted by Crippen LogP contribution is 2.31. The fraction of sp³-hybridized carbons (Fsp3) is 0.889. The number of aliphatic hydroxyl groups excluding tert-OH is 3. The Morgan fingerprint density at radius 2 is 1.87 bits per heavy atom. The highest BCUT2D eigenvalue weighted by atomic mass is 16.5. The first-order valence-electron chi connectivity index (χ1n) is 4.74. The summed E-state index contributed by atoms with van der Waals surface area (Å²) in [6.07, 6.45) is 0.222. The molecule has 0 bridgehead atoms. The second-order valence-electron chi connectivity index (χ2n) is 3.32. The zero-order valence-corrected chi connectivity index (χ0v) is 8.72. The number of carboxylic acid groups (broad SMARTS) is 1. The van der Waals surface area contributed by atoms with E-state index in [0.717, 1.165) is 0 Å². The molecule has 1 rings (SSSR count). The van der Waals surface area contributed by atoms with Crippen molar-refractivity contribution in [1.82, 2.24) is 0 Å². The lowest BCUT2D eigenvalue weighted by Gasteiger charge is -2.46. The van der Waals surface area contributed by atoms with E-state index in [1.165, 1.54) is 0 Å². The van der Waals surface area contributed by atoms with Crippen LogP contribution < -0.4 is 0 Å². The minimum absolute atomic E-state index is 0.0406. The van der Waals surface area contributed by atoms with Crippen molar-refractivity contribution in [1.29, 1.82) is 0 Å². The van der Waals surface area contributed by atoms with E-state index in [-0.39, 0.29) is 32.2 Å². The number of hydrogen-bond donors (Lipinski definition) is 4. The summed E-state index contributed by atoms with van der Waals surface area (Å²) >= 11 is 0. The second-order valence-corrected chi connectivity index (χ2v) is 3.32. The molecule has 1 unspecified atom stereocenters. The fourth-order valence-corrected chi connectivity index (χ4v) is 1.06. The van der Waals surface area contributed by atoms with Crippen molar-refractivity contribution in [3.8, 4) is 0 Å². The van der Waals surface area contributed by atoms with Crippen LogP contribution in [0.5, 0.6) is 0 Å². The molecular weight excluding hydrogens is 204 g/mol. The highest BCUT2D eigenvalue weighted by molar-refractivity contribution is 5.66. The molecule has 1 fully saturated rings. The Kier molecular flexibility index (Phi) is 6.42. The van der Waals surface area contributed by atoms with E-state index in [1.807, 2.05) is 0 Å². The van der Waals surface area contributed by atoms with Gasteiger partial charge in [0.1, 0.15) is 5.60 Å². The maximum Gasteiger partial charge on any atom is 0.303 e. The third kappa shape index (κ3) is 3.75. The maximum atomic E-state index is 9.37. The number of carbonyl (C=O) groups is 1. The van der Waals surface area contributed by atoms with Crippen LogP contribution in [0.15, 0.2) is 0 Å². The van der Waals surface area contributed by atoms with E-state index in [4.69, 9.17) is 25.2 Å². The van der Waals surface area contributed by atoms with Gasteiger partial charge in [-0.2, -0.15) is 0 Å². The van der Waals surface area contributed by atoms with Gasteiger partial charge in [-0.3, -0.25) is 4.79 Å². The largest absolute Gasteiger partial charge is 0.481 e. The van der Waals surface area contributed by atoms with E-state index in [2.05, 4.69) is 0 Å². The van der Waals surface area contributed by atoms with Gasteiger partial charge < -0.3 is 25.2 Å². The third-order valence-electron chi connectivity index (χ3n) is 2.37. The van der Waals surface area contributed by atoms with Crippen molar-refractivity contribution >= 4 is 5.97 Å². The van der Waals surface area contributed by atoms with Crippen LogP contribution in [0.25, 0.3) is 0 Å². The summed E-state index contributed by atoms with van der Waals surface area (Å²) in [7, 11) is 0. The number of carboxylic acids is 1. The lowest BCUT2D eigenvalue weighted by molar-refractivity contribution is -0.247. The first kappa shape index (κ1) is 14.3. The van der Waals surface area contributed by atoms with Crippen molar-refractivity contribution in [2.45, 2.75) is 18.9 Å². The highest BCUT2D eigenvalue weighted by Gasteiger charge is 2.47. The summed E-state index contributed by atoms with van der Waals surface area (Å²) in [5.74, 6) is -0.854. The summed E-state index contributed by atoms with van der Waals surface area (Å²) in [5, 5.41) is 33.9. The van der Waals surface area contributed by atoms with Gasteiger partial charge in [-0.1, -0.05) is 6.92 Å².